The Hall–Kier alpha value is 0.210. The van der Waals surface area contributed by atoms with E-state index in [2.05, 4.69) is 0 Å². The highest BCUT2D eigenvalue weighted by Gasteiger charge is 2.00. The first-order valence-electron chi connectivity index (χ1n) is 2.55. The molecule has 3 heteroatoms. The number of alkyl halides is 1. The highest BCUT2D eigenvalue weighted by atomic mass is 35.5. The van der Waals surface area contributed by atoms with Crippen LogP contribution in [0.3, 0.4) is 0 Å². The maximum atomic E-state index is 8.85. The van der Waals surface area contributed by atoms with Crippen molar-refractivity contribution in [3.8, 4) is 0 Å². The zero-order chi connectivity index (χ0) is 6.57. The second-order valence-corrected chi connectivity index (χ2v) is 2.38. The fourth-order valence-electron chi connectivity index (χ4n) is 0.470. The average Bonchev–Trinajstić information content (AvgIpc) is 1.65. The lowest BCUT2D eigenvalue weighted by molar-refractivity contribution is 0.157. The lowest BCUT2D eigenvalue weighted by Crippen LogP contribution is -2.26. The number of hydrogen-bond donors (Lipinski definition) is 1. The van der Waals surface area contributed by atoms with Crippen molar-refractivity contribution in [3.05, 3.63) is 0 Å². The number of aliphatic hydroxyl groups excluding tert-OH is 1. The first-order chi connectivity index (χ1) is 3.66. The molecule has 0 aromatic heterocycles. The topological polar surface area (TPSA) is 23.5 Å². The summed E-state index contributed by atoms with van der Waals surface area (Å²) in [5, 5.41) is 8.85. The lowest BCUT2D eigenvalue weighted by Gasteiger charge is -2.12. The fourth-order valence-corrected chi connectivity index (χ4v) is 0.568. The molecule has 0 fully saturated rings. The second-order valence-electron chi connectivity index (χ2n) is 2.07. The zero-order valence-electron chi connectivity index (χ0n) is 5.26. The molecule has 0 bridgehead atoms. The maximum Gasteiger partial charge on any atom is 0.0801 e. The third-order valence-electron chi connectivity index (χ3n) is 0.754. The number of rotatable bonds is 3. The van der Waals surface area contributed by atoms with Crippen LogP contribution in [0.2, 0.25) is 0 Å². The van der Waals surface area contributed by atoms with Gasteiger partial charge in [0.15, 0.2) is 0 Å². The molecule has 0 aliphatic rings. The van der Waals surface area contributed by atoms with Gasteiger partial charge in [0.2, 0.25) is 0 Å². The molecule has 0 spiro atoms. The van der Waals surface area contributed by atoms with Crippen molar-refractivity contribution in [2.45, 2.75) is 6.10 Å². The summed E-state index contributed by atoms with van der Waals surface area (Å²) in [6, 6.07) is 0. The number of hydrogen-bond acceptors (Lipinski definition) is 2. The minimum atomic E-state index is -0.383. The Bertz CT molecular complexity index is 58.4. The fraction of sp³-hybridized carbons (Fsp3) is 1.00. The molecule has 0 saturated heterocycles. The van der Waals surface area contributed by atoms with Gasteiger partial charge < -0.3 is 10.0 Å². The normalized spacial score (nSPS) is 14.6. The number of nitrogens with zero attached hydrogens (tertiary/aromatic N) is 1. The molecule has 0 rings (SSSR count). The molecule has 0 aliphatic carbocycles. The van der Waals surface area contributed by atoms with Crippen molar-refractivity contribution in [1.29, 1.82) is 0 Å². The first-order valence-corrected chi connectivity index (χ1v) is 3.09. The molecular weight excluding hydrogens is 126 g/mol. The minimum absolute atomic E-state index is 0.318. The third-order valence-corrected chi connectivity index (χ3v) is 1.11. The van der Waals surface area contributed by atoms with Gasteiger partial charge in [0.05, 0.1) is 6.10 Å². The van der Waals surface area contributed by atoms with Crippen LogP contribution in [0.25, 0.3) is 0 Å². The van der Waals surface area contributed by atoms with E-state index in [1.807, 2.05) is 19.0 Å². The third kappa shape index (κ3) is 4.37. The Morgan fingerprint density at radius 1 is 1.62 bits per heavy atom. The van der Waals surface area contributed by atoms with E-state index in [1.54, 1.807) is 0 Å². The molecule has 2 nitrogen and oxygen atoms in total. The van der Waals surface area contributed by atoms with Gasteiger partial charge in [-0.1, -0.05) is 0 Å². The van der Waals surface area contributed by atoms with E-state index in [0.717, 1.165) is 0 Å². The minimum Gasteiger partial charge on any atom is -0.391 e. The predicted molar refractivity (Wildman–Crippen MR) is 35.3 cm³/mol. The number of likely N-dealkylation sites (N-methyl/N-ethyl adjacent to an activating group) is 1. The molecule has 0 aliphatic heterocycles. The Labute approximate surface area is 55.1 Å². The Kier molecular flexibility index (Phi) is 4.23. The monoisotopic (exact) mass is 137 g/mol. The van der Waals surface area contributed by atoms with Gasteiger partial charge in [-0.05, 0) is 14.1 Å². The smallest absolute Gasteiger partial charge is 0.0801 e. The van der Waals surface area contributed by atoms with E-state index >= 15 is 0 Å². The van der Waals surface area contributed by atoms with Crippen LogP contribution < -0.4 is 0 Å². The van der Waals surface area contributed by atoms with Crippen molar-refractivity contribution in [1.82, 2.24) is 4.90 Å². The summed E-state index contributed by atoms with van der Waals surface area (Å²) in [6.07, 6.45) is -0.383. The molecule has 0 radical (unpaired) electrons. The molecule has 0 aromatic rings. The number of aliphatic hydroxyl groups is 1. The zero-order valence-corrected chi connectivity index (χ0v) is 6.02. The highest BCUT2D eigenvalue weighted by Crippen LogP contribution is 1.87. The van der Waals surface area contributed by atoms with Crippen LogP contribution in [0.15, 0.2) is 0 Å². The van der Waals surface area contributed by atoms with Gasteiger partial charge in [0.25, 0.3) is 0 Å². The SMILES string of the molecule is CN(C)C[C@@H](O)CCl. The van der Waals surface area contributed by atoms with Gasteiger partial charge >= 0.3 is 0 Å². The van der Waals surface area contributed by atoms with Crippen LogP contribution in [0.5, 0.6) is 0 Å². The van der Waals surface area contributed by atoms with Crippen LogP contribution >= 0.6 is 11.6 Å². The van der Waals surface area contributed by atoms with Crippen molar-refractivity contribution >= 4 is 11.6 Å². The van der Waals surface area contributed by atoms with Crippen molar-refractivity contribution in [2.24, 2.45) is 0 Å². The van der Waals surface area contributed by atoms with Gasteiger partial charge in [-0.3, -0.25) is 0 Å². The summed E-state index contributed by atoms with van der Waals surface area (Å²) in [7, 11) is 3.80. The average molecular weight is 138 g/mol. The molecule has 8 heavy (non-hydrogen) atoms. The second kappa shape index (κ2) is 4.13. The summed E-state index contributed by atoms with van der Waals surface area (Å²) in [5.74, 6) is 0.318. The van der Waals surface area contributed by atoms with Crippen molar-refractivity contribution in [2.75, 3.05) is 26.5 Å². The summed E-state index contributed by atoms with van der Waals surface area (Å²) in [5.41, 5.74) is 0. The van der Waals surface area contributed by atoms with Crippen LogP contribution in [0.4, 0.5) is 0 Å². The summed E-state index contributed by atoms with van der Waals surface area (Å²) < 4.78 is 0. The molecule has 1 N–H and O–H groups in total. The van der Waals surface area contributed by atoms with E-state index in [1.165, 1.54) is 0 Å². The molecule has 50 valence electrons. The predicted octanol–water partition coefficient (Wildman–Crippen LogP) is 0.148. The van der Waals surface area contributed by atoms with E-state index in [4.69, 9.17) is 16.7 Å². The van der Waals surface area contributed by atoms with Crippen LogP contribution in [0, 0.1) is 0 Å². The van der Waals surface area contributed by atoms with Gasteiger partial charge in [-0.15, -0.1) is 11.6 Å². The van der Waals surface area contributed by atoms with Gasteiger partial charge in [0.1, 0.15) is 0 Å². The molecular formula is C5H12ClNO. The lowest BCUT2D eigenvalue weighted by atomic mass is 10.4. The summed E-state index contributed by atoms with van der Waals surface area (Å²) in [4.78, 5) is 1.90. The quantitative estimate of drug-likeness (QED) is 0.560. The Morgan fingerprint density at radius 2 is 2.12 bits per heavy atom. The van der Waals surface area contributed by atoms with Gasteiger partial charge in [-0.2, -0.15) is 0 Å². The molecule has 0 unspecified atom stereocenters. The molecule has 0 amide bonds. The van der Waals surface area contributed by atoms with E-state index in [0.29, 0.717) is 12.4 Å². The van der Waals surface area contributed by atoms with Crippen molar-refractivity contribution in [3.63, 3.8) is 0 Å². The van der Waals surface area contributed by atoms with Crippen molar-refractivity contribution < 1.29 is 5.11 Å². The summed E-state index contributed by atoms with van der Waals surface area (Å²) in [6.45, 7) is 0.642. The van der Waals surface area contributed by atoms with Gasteiger partial charge in [0, 0.05) is 12.4 Å². The van der Waals surface area contributed by atoms with Crippen LogP contribution in [-0.4, -0.2) is 42.6 Å². The number of halogens is 1. The van der Waals surface area contributed by atoms with E-state index in [-0.39, 0.29) is 6.10 Å². The summed E-state index contributed by atoms with van der Waals surface area (Å²) >= 11 is 5.32. The maximum absolute atomic E-state index is 8.85. The standard InChI is InChI=1S/C5H12ClNO/c1-7(2)4-5(8)3-6/h5,8H,3-4H2,1-2H3/t5-/m0/s1. The molecule has 0 aromatic carbocycles. The molecule has 0 heterocycles. The van der Waals surface area contributed by atoms with Crippen LogP contribution in [-0.2, 0) is 0 Å². The van der Waals surface area contributed by atoms with E-state index in [9.17, 15) is 0 Å². The Morgan fingerprint density at radius 3 is 2.25 bits per heavy atom. The Balaban J connectivity index is 3.10. The van der Waals surface area contributed by atoms with Crippen LogP contribution in [0.1, 0.15) is 0 Å². The largest absolute Gasteiger partial charge is 0.391 e. The first kappa shape index (κ1) is 8.21. The van der Waals surface area contributed by atoms with Gasteiger partial charge in [-0.25, -0.2) is 0 Å². The molecule has 0 saturated carbocycles. The highest BCUT2D eigenvalue weighted by molar-refractivity contribution is 6.18. The van der Waals surface area contributed by atoms with E-state index < -0.39 is 0 Å². The molecule has 1 atom stereocenters.